The van der Waals surface area contributed by atoms with Gasteiger partial charge in [0.05, 0.1) is 7.11 Å². The maximum atomic E-state index is 10.3. The molecule has 6 heteroatoms. The Balaban J connectivity index is 1.53. The summed E-state index contributed by atoms with van der Waals surface area (Å²) < 4.78 is 5.19. The largest absolute Gasteiger partial charge is 0.504 e. The molecule has 3 N–H and O–H groups in total. The number of piperidine rings is 1. The lowest BCUT2D eigenvalue weighted by Crippen LogP contribution is -2.51. The Morgan fingerprint density at radius 1 is 1.19 bits per heavy atom. The van der Waals surface area contributed by atoms with Crippen LogP contribution in [0, 0.1) is 0 Å². The lowest BCUT2D eigenvalue weighted by Gasteiger charge is -2.38. The molecule has 0 spiro atoms. The van der Waals surface area contributed by atoms with E-state index < -0.39 is 0 Å². The highest BCUT2D eigenvalue weighted by atomic mass is 16.5. The van der Waals surface area contributed by atoms with Crippen molar-refractivity contribution in [2.45, 2.75) is 51.7 Å². The van der Waals surface area contributed by atoms with Gasteiger partial charge in [0.25, 0.3) is 0 Å². The van der Waals surface area contributed by atoms with Crippen LogP contribution in [0.4, 0.5) is 0 Å². The summed E-state index contributed by atoms with van der Waals surface area (Å²) in [5, 5.41) is 17.2. The Bertz CT molecular complexity index is 841. The van der Waals surface area contributed by atoms with Crippen molar-refractivity contribution in [1.82, 2.24) is 15.5 Å². The average Bonchev–Trinajstić information content (AvgIpc) is 2.77. The molecule has 2 atom stereocenters. The lowest BCUT2D eigenvalue weighted by atomic mass is 9.97. The molecule has 3 rings (SSSR count). The molecule has 0 aromatic heterocycles. The number of rotatable bonds is 8. The third-order valence-corrected chi connectivity index (χ3v) is 5.88. The van der Waals surface area contributed by atoms with Gasteiger partial charge < -0.3 is 20.5 Å². The number of likely N-dealkylation sites (tertiary alicyclic amines) is 1. The summed E-state index contributed by atoms with van der Waals surface area (Å²) in [6.07, 6.45) is 2.84. The summed E-state index contributed by atoms with van der Waals surface area (Å²) in [5.74, 6) is 1.55. The van der Waals surface area contributed by atoms with E-state index in [1.807, 2.05) is 12.1 Å². The average molecular weight is 425 g/mol. The van der Waals surface area contributed by atoms with Crippen LogP contribution in [0.15, 0.2) is 53.5 Å². The van der Waals surface area contributed by atoms with Gasteiger partial charge in [-0.1, -0.05) is 42.5 Å². The van der Waals surface area contributed by atoms with E-state index >= 15 is 0 Å². The van der Waals surface area contributed by atoms with Gasteiger partial charge in [-0.2, -0.15) is 0 Å². The van der Waals surface area contributed by atoms with Gasteiger partial charge in [-0.3, -0.25) is 9.89 Å². The van der Waals surface area contributed by atoms with Gasteiger partial charge in [-0.25, -0.2) is 0 Å². The maximum absolute atomic E-state index is 10.3. The van der Waals surface area contributed by atoms with E-state index in [1.165, 1.54) is 5.56 Å². The van der Waals surface area contributed by atoms with Gasteiger partial charge in [-0.15, -0.1) is 0 Å². The van der Waals surface area contributed by atoms with E-state index in [4.69, 9.17) is 9.73 Å². The lowest BCUT2D eigenvalue weighted by molar-refractivity contribution is 0.134. The van der Waals surface area contributed by atoms with Crippen LogP contribution in [-0.2, 0) is 13.0 Å². The standard InChI is InChI=1S/C25H36N4O2/c1-4-26-25(27-15-13-21-11-8-12-23(31-3)24(21)30)28-22-14-16-29(19(2)17-22)18-20-9-6-5-7-10-20/h5-12,19,22,30H,4,13-18H2,1-3H3,(H2,26,27,28). The zero-order valence-electron chi connectivity index (χ0n) is 19.0. The molecule has 0 amide bonds. The molecule has 1 aliphatic rings. The molecule has 0 saturated carbocycles. The number of nitrogens with zero attached hydrogens (tertiary/aromatic N) is 2. The molecule has 0 radical (unpaired) electrons. The molecule has 168 valence electrons. The van der Waals surface area contributed by atoms with Crippen molar-refractivity contribution in [3.63, 3.8) is 0 Å². The van der Waals surface area contributed by atoms with Gasteiger partial charge in [0, 0.05) is 38.3 Å². The summed E-state index contributed by atoms with van der Waals surface area (Å²) >= 11 is 0. The van der Waals surface area contributed by atoms with E-state index in [0.717, 1.165) is 44.0 Å². The van der Waals surface area contributed by atoms with Crippen molar-refractivity contribution in [2.24, 2.45) is 4.99 Å². The highest BCUT2D eigenvalue weighted by Crippen LogP contribution is 2.29. The molecule has 1 heterocycles. The van der Waals surface area contributed by atoms with Crippen LogP contribution in [0.5, 0.6) is 11.5 Å². The Hall–Kier alpha value is -2.73. The smallest absolute Gasteiger partial charge is 0.191 e. The zero-order valence-corrected chi connectivity index (χ0v) is 19.0. The summed E-state index contributed by atoms with van der Waals surface area (Å²) in [5.41, 5.74) is 2.22. The maximum Gasteiger partial charge on any atom is 0.191 e. The Labute approximate surface area is 186 Å². The Morgan fingerprint density at radius 3 is 2.71 bits per heavy atom. The minimum atomic E-state index is 0.206. The van der Waals surface area contributed by atoms with Crippen LogP contribution in [0.2, 0.25) is 0 Å². The van der Waals surface area contributed by atoms with Crippen molar-refractivity contribution in [3.05, 3.63) is 59.7 Å². The molecule has 6 nitrogen and oxygen atoms in total. The molecule has 2 aromatic carbocycles. The van der Waals surface area contributed by atoms with E-state index in [0.29, 0.717) is 30.8 Å². The van der Waals surface area contributed by atoms with Gasteiger partial charge in [-0.05, 0) is 50.3 Å². The second-order valence-electron chi connectivity index (χ2n) is 8.15. The Morgan fingerprint density at radius 2 is 2.00 bits per heavy atom. The van der Waals surface area contributed by atoms with Gasteiger partial charge in [0.1, 0.15) is 0 Å². The summed E-state index contributed by atoms with van der Waals surface area (Å²) in [7, 11) is 1.57. The fourth-order valence-corrected chi connectivity index (χ4v) is 4.14. The molecular formula is C25H36N4O2. The highest BCUT2D eigenvalue weighted by Gasteiger charge is 2.26. The van der Waals surface area contributed by atoms with E-state index in [2.05, 4.69) is 59.7 Å². The number of ether oxygens (including phenoxy) is 1. The van der Waals surface area contributed by atoms with Gasteiger partial charge in [0.2, 0.25) is 0 Å². The van der Waals surface area contributed by atoms with E-state index in [-0.39, 0.29) is 5.75 Å². The van der Waals surface area contributed by atoms with Crippen LogP contribution in [-0.4, -0.2) is 54.8 Å². The van der Waals surface area contributed by atoms with Crippen molar-refractivity contribution in [1.29, 1.82) is 0 Å². The van der Waals surface area contributed by atoms with Crippen molar-refractivity contribution < 1.29 is 9.84 Å². The first-order chi connectivity index (χ1) is 15.1. The first-order valence-corrected chi connectivity index (χ1v) is 11.3. The summed E-state index contributed by atoms with van der Waals surface area (Å²) in [6, 6.07) is 17.2. The predicted octanol–water partition coefficient (Wildman–Crippen LogP) is 3.55. The second kappa shape index (κ2) is 11.6. The molecular weight excluding hydrogens is 388 g/mol. The van der Waals surface area contributed by atoms with Crippen molar-refractivity contribution in [3.8, 4) is 11.5 Å². The fraction of sp³-hybridized carbons (Fsp3) is 0.480. The number of para-hydroxylation sites is 1. The normalized spacial score (nSPS) is 19.8. The molecule has 0 bridgehead atoms. The molecule has 1 aliphatic heterocycles. The number of phenols is 1. The Kier molecular flexibility index (Phi) is 8.59. The predicted molar refractivity (Wildman–Crippen MR) is 127 cm³/mol. The number of nitrogens with one attached hydrogen (secondary N) is 2. The summed E-state index contributed by atoms with van der Waals surface area (Å²) in [6.45, 7) is 7.89. The first-order valence-electron chi connectivity index (χ1n) is 11.3. The molecule has 31 heavy (non-hydrogen) atoms. The van der Waals surface area contributed by atoms with Crippen LogP contribution in [0.1, 0.15) is 37.8 Å². The molecule has 2 unspecified atom stereocenters. The van der Waals surface area contributed by atoms with Crippen LogP contribution in [0.25, 0.3) is 0 Å². The number of methoxy groups -OCH3 is 1. The van der Waals surface area contributed by atoms with Gasteiger partial charge in [0.15, 0.2) is 17.5 Å². The molecule has 1 saturated heterocycles. The van der Waals surface area contributed by atoms with Crippen molar-refractivity contribution >= 4 is 5.96 Å². The SMILES string of the molecule is CCNC(=NCCc1cccc(OC)c1O)NC1CCN(Cc2ccccc2)C(C)C1. The minimum absolute atomic E-state index is 0.206. The van der Waals surface area contributed by atoms with E-state index in [1.54, 1.807) is 13.2 Å². The zero-order chi connectivity index (χ0) is 22.1. The molecule has 0 aliphatic carbocycles. The monoisotopic (exact) mass is 424 g/mol. The third kappa shape index (κ3) is 6.62. The minimum Gasteiger partial charge on any atom is -0.504 e. The molecule has 1 fully saturated rings. The fourth-order valence-electron chi connectivity index (χ4n) is 4.14. The number of hydrogen-bond acceptors (Lipinski definition) is 4. The quantitative estimate of drug-likeness (QED) is 0.447. The number of aliphatic imine (C=N–C) groups is 1. The van der Waals surface area contributed by atoms with Crippen LogP contribution in [0.3, 0.4) is 0 Å². The topological polar surface area (TPSA) is 69.1 Å². The molecule has 2 aromatic rings. The summed E-state index contributed by atoms with van der Waals surface area (Å²) in [4.78, 5) is 7.30. The van der Waals surface area contributed by atoms with Crippen LogP contribution < -0.4 is 15.4 Å². The van der Waals surface area contributed by atoms with Crippen LogP contribution >= 0.6 is 0 Å². The van der Waals surface area contributed by atoms with Crippen molar-refractivity contribution in [2.75, 3.05) is 26.7 Å². The second-order valence-corrected chi connectivity index (χ2v) is 8.15. The number of guanidine groups is 1. The number of phenolic OH excluding ortho intramolecular Hbond substituents is 1. The number of hydrogen-bond donors (Lipinski definition) is 3. The third-order valence-electron chi connectivity index (χ3n) is 5.88. The van der Waals surface area contributed by atoms with Gasteiger partial charge >= 0.3 is 0 Å². The van der Waals surface area contributed by atoms with E-state index in [9.17, 15) is 5.11 Å². The highest BCUT2D eigenvalue weighted by molar-refractivity contribution is 5.80. The number of aromatic hydroxyl groups is 1. The first kappa shape index (κ1) is 22.9. The number of benzene rings is 2.